The van der Waals surface area contributed by atoms with E-state index < -0.39 is 10.1 Å². The van der Waals surface area contributed by atoms with Gasteiger partial charge >= 0.3 is 0 Å². The molecule has 0 atom stereocenters. The molecule has 0 amide bonds. The topological polar surface area (TPSA) is 91.5 Å². The van der Waals surface area contributed by atoms with Crippen molar-refractivity contribution in [2.24, 2.45) is 0 Å². The molecule has 3 rings (SSSR count). The molecule has 0 radical (unpaired) electrons. The van der Waals surface area contributed by atoms with E-state index in [1.807, 2.05) is 49.4 Å². The summed E-state index contributed by atoms with van der Waals surface area (Å²) in [6.07, 6.45) is 3.81. The minimum atomic E-state index is -3.43. The normalized spacial score (nSPS) is 11.5. The molecular weight excluding hydrogens is 380 g/mol. The van der Waals surface area contributed by atoms with Crippen LogP contribution in [0.5, 0.6) is 5.88 Å². The van der Waals surface area contributed by atoms with Crippen molar-refractivity contribution >= 4 is 10.1 Å². The molecule has 0 fully saturated rings. The van der Waals surface area contributed by atoms with Gasteiger partial charge in [-0.25, -0.2) is 9.97 Å². The molecule has 0 aliphatic carbocycles. The average molecular weight is 402 g/mol. The summed E-state index contributed by atoms with van der Waals surface area (Å²) in [7, 11) is -3.43. The van der Waals surface area contributed by atoms with Crippen molar-refractivity contribution in [3.63, 3.8) is 0 Å². The lowest BCUT2D eigenvalue weighted by molar-refractivity contribution is 0.281. The quantitative estimate of drug-likeness (QED) is 0.399. The summed E-state index contributed by atoms with van der Waals surface area (Å²) in [5.41, 5.74) is 2.49. The number of pyridine rings is 1. The SMILES string of the molecule is Cc1oc(-c2ccccc2)nc1COc1ncccc1CCCOS(C)(=O)=O. The summed E-state index contributed by atoms with van der Waals surface area (Å²) in [5.74, 6) is 1.74. The summed E-state index contributed by atoms with van der Waals surface area (Å²) in [4.78, 5) is 8.80. The highest BCUT2D eigenvalue weighted by Crippen LogP contribution is 2.23. The number of hydrogen-bond donors (Lipinski definition) is 0. The fourth-order valence-corrected chi connectivity index (χ4v) is 3.04. The van der Waals surface area contributed by atoms with Gasteiger partial charge in [-0.3, -0.25) is 4.18 Å². The Bertz CT molecular complexity index is 1020. The molecule has 2 heterocycles. The first-order chi connectivity index (χ1) is 13.4. The maximum absolute atomic E-state index is 11.0. The standard InChI is InChI=1S/C20H22N2O5S/c1-15-18(22-20(27-15)17-8-4-3-5-9-17)14-25-19-16(10-6-12-21-19)11-7-13-26-28(2,23)24/h3-6,8-10,12H,7,11,13-14H2,1-2H3. The third-order valence-electron chi connectivity index (χ3n) is 4.00. The molecular formula is C20H22N2O5S. The fourth-order valence-electron chi connectivity index (χ4n) is 2.62. The summed E-state index contributed by atoms with van der Waals surface area (Å²) in [6, 6.07) is 13.4. The highest BCUT2D eigenvalue weighted by Gasteiger charge is 2.13. The Balaban J connectivity index is 1.63. The first-order valence-corrected chi connectivity index (χ1v) is 10.7. The van der Waals surface area contributed by atoms with E-state index in [1.165, 1.54) is 0 Å². The molecule has 2 aromatic heterocycles. The zero-order valence-electron chi connectivity index (χ0n) is 15.8. The van der Waals surface area contributed by atoms with Crippen LogP contribution in [0.4, 0.5) is 0 Å². The van der Waals surface area contributed by atoms with Gasteiger partial charge in [0.05, 0.1) is 12.9 Å². The van der Waals surface area contributed by atoms with Gasteiger partial charge in [-0.05, 0) is 38.0 Å². The molecule has 1 aromatic carbocycles. The van der Waals surface area contributed by atoms with Crippen LogP contribution < -0.4 is 4.74 Å². The molecule has 0 N–H and O–H groups in total. The van der Waals surface area contributed by atoms with E-state index in [0.717, 1.165) is 17.4 Å². The van der Waals surface area contributed by atoms with Crippen LogP contribution in [0.2, 0.25) is 0 Å². The number of benzene rings is 1. The van der Waals surface area contributed by atoms with E-state index in [2.05, 4.69) is 9.97 Å². The number of aromatic nitrogens is 2. The lowest BCUT2D eigenvalue weighted by Crippen LogP contribution is -2.06. The minimum absolute atomic E-state index is 0.121. The minimum Gasteiger partial charge on any atom is -0.471 e. The number of rotatable bonds is 9. The average Bonchev–Trinajstić information content (AvgIpc) is 3.05. The summed E-state index contributed by atoms with van der Waals surface area (Å²) in [5, 5.41) is 0. The second kappa shape index (κ2) is 8.99. The molecule has 0 saturated carbocycles. The second-order valence-electron chi connectivity index (χ2n) is 6.27. The molecule has 0 unspecified atom stereocenters. The van der Waals surface area contributed by atoms with Crippen LogP contribution in [0.3, 0.4) is 0 Å². The van der Waals surface area contributed by atoms with Gasteiger partial charge in [0.25, 0.3) is 10.1 Å². The molecule has 0 aliphatic heterocycles. The van der Waals surface area contributed by atoms with Crippen LogP contribution in [0.1, 0.15) is 23.4 Å². The third-order valence-corrected chi connectivity index (χ3v) is 4.59. The molecule has 0 aliphatic rings. The van der Waals surface area contributed by atoms with Gasteiger partial charge in [-0.1, -0.05) is 24.3 Å². The van der Waals surface area contributed by atoms with E-state index >= 15 is 0 Å². The van der Waals surface area contributed by atoms with Gasteiger partial charge in [0, 0.05) is 17.3 Å². The Labute approximate surface area is 164 Å². The van der Waals surface area contributed by atoms with E-state index in [4.69, 9.17) is 13.3 Å². The lowest BCUT2D eigenvalue weighted by Gasteiger charge is -2.09. The van der Waals surface area contributed by atoms with Gasteiger partial charge in [-0.15, -0.1) is 0 Å². The maximum atomic E-state index is 11.0. The Morgan fingerprint density at radius 3 is 2.64 bits per heavy atom. The van der Waals surface area contributed by atoms with Crippen molar-refractivity contribution in [2.75, 3.05) is 12.9 Å². The maximum Gasteiger partial charge on any atom is 0.264 e. The van der Waals surface area contributed by atoms with Gasteiger partial charge in [0.2, 0.25) is 11.8 Å². The smallest absolute Gasteiger partial charge is 0.264 e. The predicted molar refractivity (Wildman–Crippen MR) is 104 cm³/mol. The van der Waals surface area contributed by atoms with Crippen molar-refractivity contribution in [1.82, 2.24) is 9.97 Å². The van der Waals surface area contributed by atoms with Crippen LogP contribution in [-0.2, 0) is 27.3 Å². The summed E-state index contributed by atoms with van der Waals surface area (Å²) < 4.78 is 38.4. The summed E-state index contributed by atoms with van der Waals surface area (Å²) in [6.45, 7) is 2.20. The van der Waals surface area contributed by atoms with Gasteiger partial charge in [0.1, 0.15) is 18.1 Å². The molecule has 7 nitrogen and oxygen atoms in total. The number of ether oxygens (including phenoxy) is 1. The number of hydrogen-bond acceptors (Lipinski definition) is 7. The first kappa shape index (κ1) is 20.0. The first-order valence-electron chi connectivity index (χ1n) is 8.85. The third kappa shape index (κ3) is 5.64. The van der Waals surface area contributed by atoms with E-state index in [0.29, 0.717) is 36.1 Å². The van der Waals surface area contributed by atoms with Gasteiger partial charge in [0.15, 0.2) is 0 Å². The fraction of sp³-hybridized carbons (Fsp3) is 0.300. The van der Waals surface area contributed by atoms with E-state index in [1.54, 1.807) is 6.20 Å². The lowest BCUT2D eigenvalue weighted by atomic mass is 10.1. The monoisotopic (exact) mass is 402 g/mol. The Morgan fingerprint density at radius 2 is 1.89 bits per heavy atom. The number of nitrogens with zero attached hydrogens (tertiary/aromatic N) is 2. The predicted octanol–water partition coefficient (Wildman–Crippen LogP) is 3.53. The molecule has 28 heavy (non-hydrogen) atoms. The van der Waals surface area contributed by atoms with Crippen molar-refractivity contribution in [2.45, 2.75) is 26.4 Å². The number of oxazole rings is 1. The van der Waals surface area contributed by atoms with E-state index in [9.17, 15) is 8.42 Å². The molecule has 8 heteroatoms. The van der Waals surface area contributed by atoms with E-state index in [-0.39, 0.29) is 13.2 Å². The van der Waals surface area contributed by atoms with Crippen molar-refractivity contribution in [3.8, 4) is 17.3 Å². The second-order valence-corrected chi connectivity index (χ2v) is 7.92. The summed E-state index contributed by atoms with van der Waals surface area (Å²) >= 11 is 0. The van der Waals surface area contributed by atoms with Gasteiger partial charge < -0.3 is 9.15 Å². The largest absolute Gasteiger partial charge is 0.471 e. The zero-order valence-corrected chi connectivity index (χ0v) is 16.6. The van der Waals surface area contributed by atoms with Crippen LogP contribution in [0.15, 0.2) is 53.1 Å². The Kier molecular flexibility index (Phi) is 6.43. The van der Waals surface area contributed by atoms with Crippen molar-refractivity contribution in [1.29, 1.82) is 0 Å². The molecule has 0 bridgehead atoms. The highest BCUT2D eigenvalue weighted by molar-refractivity contribution is 7.85. The van der Waals surface area contributed by atoms with Crippen molar-refractivity contribution < 1.29 is 21.8 Å². The Morgan fingerprint density at radius 1 is 1.11 bits per heavy atom. The van der Waals surface area contributed by atoms with Crippen LogP contribution >= 0.6 is 0 Å². The molecule has 0 spiro atoms. The van der Waals surface area contributed by atoms with Crippen molar-refractivity contribution in [3.05, 3.63) is 65.7 Å². The molecule has 148 valence electrons. The number of aryl methyl sites for hydroxylation is 2. The zero-order chi connectivity index (χ0) is 20.0. The van der Waals surface area contributed by atoms with Crippen LogP contribution in [-0.4, -0.2) is 31.2 Å². The van der Waals surface area contributed by atoms with Gasteiger partial charge in [-0.2, -0.15) is 8.42 Å². The highest BCUT2D eigenvalue weighted by atomic mass is 32.2. The van der Waals surface area contributed by atoms with Crippen LogP contribution in [0, 0.1) is 6.92 Å². The molecule has 0 saturated heterocycles. The Hall–Kier alpha value is -2.71. The van der Waals surface area contributed by atoms with Crippen LogP contribution in [0.25, 0.3) is 11.5 Å². The molecule has 3 aromatic rings.